The molecule has 2 aliphatic rings. The molecule has 0 bridgehead atoms. The van der Waals surface area contributed by atoms with Crippen molar-refractivity contribution in [3.8, 4) is 5.75 Å². The van der Waals surface area contributed by atoms with Crippen LogP contribution in [0.25, 0.3) is 0 Å². The van der Waals surface area contributed by atoms with Crippen molar-refractivity contribution >= 4 is 17.3 Å². The predicted molar refractivity (Wildman–Crippen MR) is 110 cm³/mol. The largest absolute Gasteiger partial charge is 0.497 e. The highest BCUT2D eigenvalue weighted by atomic mass is 16.5. The Bertz CT molecular complexity index is 750. The number of anilines is 3. The summed E-state index contributed by atoms with van der Waals surface area (Å²) < 4.78 is 5.25. The minimum Gasteiger partial charge on any atom is -0.497 e. The summed E-state index contributed by atoms with van der Waals surface area (Å²) in [6, 6.07) is 11.0. The topological polar surface area (TPSA) is 53.5 Å². The van der Waals surface area contributed by atoms with Gasteiger partial charge in [-0.3, -0.25) is 0 Å². The van der Waals surface area contributed by atoms with E-state index in [9.17, 15) is 0 Å². The zero-order valence-electron chi connectivity index (χ0n) is 16.3. The fraction of sp³-hybridized carbons (Fsp3) is 0.524. The van der Waals surface area contributed by atoms with Gasteiger partial charge in [0, 0.05) is 44.0 Å². The molecule has 1 N–H and O–H groups in total. The molecule has 2 aromatic rings. The third kappa shape index (κ3) is 4.26. The summed E-state index contributed by atoms with van der Waals surface area (Å²) in [4.78, 5) is 14.1. The van der Waals surface area contributed by atoms with E-state index < -0.39 is 0 Å². The molecule has 144 valence electrons. The smallest absolute Gasteiger partial charge is 0.134 e. The summed E-state index contributed by atoms with van der Waals surface area (Å²) in [5, 5.41) is 3.61. The van der Waals surface area contributed by atoms with E-state index in [0.717, 1.165) is 49.4 Å². The molecule has 2 fully saturated rings. The maximum atomic E-state index is 5.25. The lowest BCUT2D eigenvalue weighted by Gasteiger charge is -2.37. The highest BCUT2D eigenvalue weighted by molar-refractivity contribution is 5.54. The van der Waals surface area contributed by atoms with Crippen LogP contribution in [-0.2, 0) is 0 Å². The Labute approximate surface area is 161 Å². The fourth-order valence-corrected chi connectivity index (χ4v) is 4.05. The van der Waals surface area contributed by atoms with Crippen LogP contribution in [0.1, 0.15) is 31.5 Å². The van der Waals surface area contributed by atoms with Gasteiger partial charge < -0.3 is 19.9 Å². The lowest BCUT2D eigenvalue weighted by molar-refractivity contribution is 0.415. The van der Waals surface area contributed by atoms with E-state index in [2.05, 4.69) is 38.3 Å². The van der Waals surface area contributed by atoms with E-state index >= 15 is 0 Å². The Hall–Kier alpha value is -2.50. The van der Waals surface area contributed by atoms with Crippen LogP contribution in [0.2, 0.25) is 0 Å². The summed E-state index contributed by atoms with van der Waals surface area (Å²) in [6.45, 7) is 5.88. The van der Waals surface area contributed by atoms with Gasteiger partial charge in [0.15, 0.2) is 0 Å². The minimum atomic E-state index is 0.569. The number of hydrogen-bond donors (Lipinski definition) is 1. The molecule has 1 saturated carbocycles. The molecule has 0 unspecified atom stereocenters. The molecule has 6 nitrogen and oxygen atoms in total. The number of rotatable bonds is 5. The average molecular weight is 367 g/mol. The predicted octanol–water partition coefficient (Wildman–Crippen LogP) is 3.47. The van der Waals surface area contributed by atoms with Crippen LogP contribution in [0.3, 0.4) is 0 Å². The number of methoxy groups -OCH3 is 1. The van der Waals surface area contributed by atoms with Crippen LogP contribution >= 0.6 is 0 Å². The highest BCUT2D eigenvalue weighted by Gasteiger charge is 2.20. The molecular formula is C21H29N5O. The lowest BCUT2D eigenvalue weighted by Crippen LogP contribution is -2.47. The average Bonchev–Trinajstić information content (AvgIpc) is 3.21. The summed E-state index contributed by atoms with van der Waals surface area (Å²) in [6.07, 6.45) is 5.14. The van der Waals surface area contributed by atoms with Gasteiger partial charge in [0.2, 0.25) is 0 Å². The first-order valence-corrected chi connectivity index (χ1v) is 9.97. The van der Waals surface area contributed by atoms with Crippen molar-refractivity contribution in [1.82, 2.24) is 9.97 Å². The fourth-order valence-electron chi connectivity index (χ4n) is 4.05. The van der Waals surface area contributed by atoms with Crippen LogP contribution in [0.5, 0.6) is 5.75 Å². The molecule has 1 aliphatic heterocycles. The molecule has 0 atom stereocenters. The Morgan fingerprint density at radius 1 is 0.963 bits per heavy atom. The Kier molecular flexibility index (Phi) is 5.32. The standard InChI is InChI=1S/C21H29N5O/c1-16-22-20(24-17-5-3-4-6-17)15-21(23-16)26-13-11-25(12-14-26)18-7-9-19(27-2)10-8-18/h7-10,15,17H,3-6,11-14H2,1-2H3,(H,22,23,24). The van der Waals surface area contributed by atoms with Crippen LogP contribution in [-0.4, -0.2) is 49.3 Å². The Morgan fingerprint density at radius 2 is 1.63 bits per heavy atom. The second-order valence-electron chi connectivity index (χ2n) is 7.46. The van der Waals surface area contributed by atoms with Crippen molar-refractivity contribution in [2.75, 3.05) is 48.4 Å². The van der Waals surface area contributed by atoms with Crippen molar-refractivity contribution in [3.63, 3.8) is 0 Å². The van der Waals surface area contributed by atoms with Crippen molar-refractivity contribution in [1.29, 1.82) is 0 Å². The van der Waals surface area contributed by atoms with E-state index in [1.165, 1.54) is 31.4 Å². The maximum Gasteiger partial charge on any atom is 0.134 e. The van der Waals surface area contributed by atoms with Gasteiger partial charge in [-0.15, -0.1) is 0 Å². The minimum absolute atomic E-state index is 0.569. The second kappa shape index (κ2) is 8.03. The molecule has 0 spiro atoms. The Balaban J connectivity index is 1.40. The van der Waals surface area contributed by atoms with E-state index in [-0.39, 0.29) is 0 Å². The van der Waals surface area contributed by atoms with E-state index in [1.54, 1.807) is 7.11 Å². The highest BCUT2D eigenvalue weighted by Crippen LogP contribution is 2.25. The summed E-state index contributed by atoms with van der Waals surface area (Å²) >= 11 is 0. The number of piperazine rings is 1. The number of hydrogen-bond acceptors (Lipinski definition) is 6. The monoisotopic (exact) mass is 367 g/mol. The van der Waals surface area contributed by atoms with Crippen molar-refractivity contribution in [2.24, 2.45) is 0 Å². The number of aromatic nitrogens is 2. The van der Waals surface area contributed by atoms with E-state index in [4.69, 9.17) is 9.72 Å². The number of aryl methyl sites for hydroxylation is 1. The van der Waals surface area contributed by atoms with Crippen LogP contribution in [0.4, 0.5) is 17.3 Å². The number of nitrogens with zero attached hydrogens (tertiary/aromatic N) is 4. The number of benzene rings is 1. The zero-order valence-corrected chi connectivity index (χ0v) is 16.3. The van der Waals surface area contributed by atoms with Crippen molar-refractivity contribution in [3.05, 3.63) is 36.2 Å². The van der Waals surface area contributed by atoms with Gasteiger partial charge in [-0.1, -0.05) is 12.8 Å². The number of ether oxygens (including phenoxy) is 1. The molecule has 0 radical (unpaired) electrons. The summed E-state index contributed by atoms with van der Waals surface area (Å²) in [5.41, 5.74) is 1.25. The Morgan fingerprint density at radius 3 is 2.30 bits per heavy atom. The third-order valence-electron chi connectivity index (χ3n) is 5.57. The van der Waals surface area contributed by atoms with Gasteiger partial charge >= 0.3 is 0 Å². The van der Waals surface area contributed by atoms with E-state index in [0.29, 0.717) is 6.04 Å². The molecule has 27 heavy (non-hydrogen) atoms. The van der Waals surface area contributed by atoms with Crippen LogP contribution < -0.4 is 19.9 Å². The normalized spacial score (nSPS) is 18.0. The molecule has 0 amide bonds. The molecule has 1 aromatic heterocycles. The third-order valence-corrected chi connectivity index (χ3v) is 5.57. The van der Waals surface area contributed by atoms with Gasteiger partial charge in [0.25, 0.3) is 0 Å². The molecule has 1 aromatic carbocycles. The molecular weight excluding hydrogens is 338 g/mol. The zero-order chi connectivity index (χ0) is 18.6. The van der Waals surface area contributed by atoms with Crippen LogP contribution in [0.15, 0.2) is 30.3 Å². The maximum absolute atomic E-state index is 5.25. The lowest BCUT2D eigenvalue weighted by atomic mass is 10.2. The summed E-state index contributed by atoms with van der Waals surface area (Å²) in [5.74, 6) is 3.75. The molecule has 1 saturated heterocycles. The molecule has 1 aliphatic carbocycles. The first-order chi connectivity index (χ1) is 13.2. The molecule has 4 rings (SSSR count). The van der Waals surface area contributed by atoms with Crippen molar-refractivity contribution in [2.45, 2.75) is 38.6 Å². The van der Waals surface area contributed by atoms with Crippen LogP contribution in [0, 0.1) is 6.92 Å². The quantitative estimate of drug-likeness (QED) is 0.873. The van der Waals surface area contributed by atoms with E-state index in [1.807, 2.05) is 19.1 Å². The van der Waals surface area contributed by atoms with Gasteiger partial charge in [-0.2, -0.15) is 0 Å². The first kappa shape index (κ1) is 17.9. The second-order valence-corrected chi connectivity index (χ2v) is 7.46. The van der Waals surface area contributed by atoms with Crippen molar-refractivity contribution < 1.29 is 4.74 Å². The summed E-state index contributed by atoms with van der Waals surface area (Å²) in [7, 11) is 1.70. The SMILES string of the molecule is COc1ccc(N2CCN(c3cc(NC4CCCC4)nc(C)n3)CC2)cc1. The molecule has 2 heterocycles. The number of nitrogens with one attached hydrogen (secondary N) is 1. The van der Waals surface area contributed by atoms with Gasteiger partial charge in [0.05, 0.1) is 7.11 Å². The first-order valence-electron chi connectivity index (χ1n) is 9.97. The van der Waals surface area contributed by atoms with Gasteiger partial charge in [-0.05, 0) is 44.0 Å². The molecule has 6 heteroatoms. The van der Waals surface area contributed by atoms with Gasteiger partial charge in [0.1, 0.15) is 23.2 Å². The van der Waals surface area contributed by atoms with Gasteiger partial charge in [-0.25, -0.2) is 9.97 Å².